The summed E-state index contributed by atoms with van der Waals surface area (Å²) in [5.41, 5.74) is 9.44. The van der Waals surface area contributed by atoms with Crippen molar-refractivity contribution in [1.82, 2.24) is 9.97 Å². The molecule has 0 aliphatic rings. The molecule has 0 radical (unpaired) electrons. The maximum Gasteiger partial charge on any atom is 0.0591 e. The van der Waals surface area contributed by atoms with Crippen LogP contribution in [0.15, 0.2) is 55.0 Å². The quantitative estimate of drug-likeness (QED) is 0.759. The van der Waals surface area contributed by atoms with E-state index in [0.717, 1.165) is 27.6 Å². The second kappa shape index (κ2) is 4.78. The monoisotopic (exact) mass is 249 g/mol. The molecule has 2 N–H and O–H groups in total. The highest BCUT2D eigenvalue weighted by Crippen LogP contribution is 2.27. The molecule has 0 aliphatic heterocycles. The van der Waals surface area contributed by atoms with Crippen molar-refractivity contribution in [3.63, 3.8) is 0 Å². The zero-order valence-electron chi connectivity index (χ0n) is 10.7. The largest absolute Gasteiger partial charge is 0.320 e. The number of nitrogens with zero attached hydrogens (tertiary/aromatic N) is 2. The van der Waals surface area contributed by atoms with E-state index in [1.807, 2.05) is 43.6 Å². The minimum absolute atomic E-state index is 0.202. The van der Waals surface area contributed by atoms with Crippen molar-refractivity contribution < 1.29 is 0 Å². The Bertz CT molecular complexity index is 717. The molecule has 0 saturated carbocycles. The van der Waals surface area contributed by atoms with E-state index in [-0.39, 0.29) is 6.04 Å². The van der Waals surface area contributed by atoms with Crippen molar-refractivity contribution in [1.29, 1.82) is 0 Å². The maximum absolute atomic E-state index is 6.40. The Kier molecular flexibility index (Phi) is 2.97. The summed E-state index contributed by atoms with van der Waals surface area (Å²) in [6.07, 6.45) is 5.49. The molecule has 0 bridgehead atoms. The molecule has 94 valence electrons. The van der Waals surface area contributed by atoms with Crippen LogP contribution in [0.4, 0.5) is 0 Å². The van der Waals surface area contributed by atoms with Gasteiger partial charge in [-0.1, -0.05) is 30.3 Å². The third-order valence-electron chi connectivity index (χ3n) is 3.42. The van der Waals surface area contributed by atoms with Gasteiger partial charge in [0, 0.05) is 29.7 Å². The van der Waals surface area contributed by atoms with E-state index >= 15 is 0 Å². The minimum atomic E-state index is -0.202. The molecule has 3 rings (SSSR count). The Morgan fingerprint density at radius 2 is 1.84 bits per heavy atom. The van der Waals surface area contributed by atoms with E-state index in [4.69, 9.17) is 5.73 Å². The van der Waals surface area contributed by atoms with Crippen molar-refractivity contribution >= 4 is 10.8 Å². The van der Waals surface area contributed by atoms with Gasteiger partial charge in [0.05, 0.1) is 6.04 Å². The first-order chi connectivity index (χ1) is 9.27. The van der Waals surface area contributed by atoms with E-state index in [9.17, 15) is 0 Å². The smallest absolute Gasteiger partial charge is 0.0591 e. The fourth-order valence-corrected chi connectivity index (χ4v) is 2.38. The van der Waals surface area contributed by atoms with Crippen LogP contribution < -0.4 is 5.73 Å². The van der Waals surface area contributed by atoms with E-state index in [0.29, 0.717) is 0 Å². The molecule has 2 aromatic heterocycles. The molecule has 2 heterocycles. The number of fused-ring (bicyclic) bond motifs is 1. The second-order valence-electron chi connectivity index (χ2n) is 4.61. The van der Waals surface area contributed by atoms with Gasteiger partial charge in [-0.2, -0.15) is 0 Å². The SMILES string of the molecule is Cc1ncccc1C(N)c1cncc2ccccc12. The highest BCUT2D eigenvalue weighted by molar-refractivity contribution is 5.85. The summed E-state index contributed by atoms with van der Waals surface area (Å²) in [5, 5.41) is 2.25. The van der Waals surface area contributed by atoms with Crippen LogP contribution in [0.25, 0.3) is 10.8 Å². The normalized spacial score (nSPS) is 12.5. The summed E-state index contributed by atoms with van der Waals surface area (Å²) in [4.78, 5) is 8.59. The van der Waals surface area contributed by atoms with Crippen molar-refractivity contribution in [3.8, 4) is 0 Å². The Morgan fingerprint density at radius 3 is 2.68 bits per heavy atom. The van der Waals surface area contributed by atoms with Gasteiger partial charge in [-0.25, -0.2) is 0 Å². The predicted octanol–water partition coefficient (Wildman–Crippen LogP) is 2.99. The van der Waals surface area contributed by atoms with Crippen LogP contribution in [0.3, 0.4) is 0 Å². The van der Waals surface area contributed by atoms with Gasteiger partial charge in [0.1, 0.15) is 0 Å². The number of benzene rings is 1. The van der Waals surface area contributed by atoms with Crippen LogP contribution >= 0.6 is 0 Å². The van der Waals surface area contributed by atoms with Crippen LogP contribution in [-0.4, -0.2) is 9.97 Å². The maximum atomic E-state index is 6.40. The first kappa shape index (κ1) is 11.8. The predicted molar refractivity (Wildman–Crippen MR) is 76.7 cm³/mol. The average molecular weight is 249 g/mol. The summed E-state index contributed by atoms with van der Waals surface area (Å²) < 4.78 is 0. The third kappa shape index (κ3) is 2.09. The number of hydrogen-bond acceptors (Lipinski definition) is 3. The van der Waals surface area contributed by atoms with Gasteiger partial charge in [-0.3, -0.25) is 9.97 Å². The topological polar surface area (TPSA) is 51.8 Å². The first-order valence-electron chi connectivity index (χ1n) is 6.27. The standard InChI is InChI=1S/C16H15N3/c1-11-13(7-4-8-19-11)16(17)15-10-18-9-12-5-2-3-6-14(12)15/h2-10,16H,17H2,1H3. The van der Waals surface area contributed by atoms with Gasteiger partial charge in [0.2, 0.25) is 0 Å². The van der Waals surface area contributed by atoms with Crippen LogP contribution in [0, 0.1) is 6.92 Å². The van der Waals surface area contributed by atoms with Gasteiger partial charge in [-0.05, 0) is 29.5 Å². The highest BCUT2D eigenvalue weighted by Gasteiger charge is 2.14. The highest BCUT2D eigenvalue weighted by atomic mass is 14.7. The van der Waals surface area contributed by atoms with Gasteiger partial charge in [0.15, 0.2) is 0 Å². The molecule has 3 nitrogen and oxygen atoms in total. The summed E-state index contributed by atoms with van der Waals surface area (Å²) in [7, 11) is 0. The molecule has 0 saturated heterocycles. The molecule has 3 aromatic rings. The molecule has 1 aromatic carbocycles. The molecule has 19 heavy (non-hydrogen) atoms. The summed E-state index contributed by atoms with van der Waals surface area (Å²) in [6, 6.07) is 11.9. The zero-order chi connectivity index (χ0) is 13.2. The lowest BCUT2D eigenvalue weighted by Gasteiger charge is -2.16. The molecule has 0 fully saturated rings. The summed E-state index contributed by atoms with van der Waals surface area (Å²) in [6.45, 7) is 1.98. The Balaban J connectivity index is 2.17. The molecule has 0 amide bonds. The van der Waals surface area contributed by atoms with Crippen molar-refractivity contribution in [2.45, 2.75) is 13.0 Å². The number of hydrogen-bond donors (Lipinski definition) is 1. The van der Waals surface area contributed by atoms with Crippen molar-refractivity contribution in [2.24, 2.45) is 5.73 Å². The molecule has 0 spiro atoms. The van der Waals surface area contributed by atoms with E-state index in [2.05, 4.69) is 22.1 Å². The molecule has 1 unspecified atom stereocenters. The molecular weight excluding hydrogens is 234 g/mol. The summed E-state index contributed by atoms with van der Waals surface area (Å²) in [5.74, 6) is 0. The molecule has 0 aliphatic carbocycles. The summed E-state index contributed by atoms with van der Waals surface area (Å²) >= 11 is 0. The third-order valence-corrected chi connectivity index (χ3v) is 3.42. The fourth-order valence-electron chi connectivity index (χ4n) is 2.38. The molecular formula is C16H15N3. The molecule has 1 atom stereocenters. The lowest BCUT2D eigenvalue weighted by atomic mass is 9.96. The van der Waals surface area contributed by atoms with Crippen molar-refractivity contribution in [3.05, 3.63) is 71.8 Å². The molecule has 3 heteroatoms. The number of rotatable bonds is 2. The zero-order valence-corrected chi connectivity index (χ0v) is 10.7. The van der Waals surface area contributed by atoms with Gasteiger partial charge >= 0.3 is 0 Å². The van der Waals surface area contributed by atoms with E-state index < -0.39 is 0 Å². The minimum Gasteiger partial charge on any atom is -0.320 e. The number of aromatic nitrogens is 2. The van der Waals surface area contributed by atoms with Crippen LogP contribution in [-0.2, 0) is 0 Å². The van der Waals surface area contributed by atoms with Gasteiger partial charge in [-0.15, -0.1) is 0 Å². The van der Waals surface area contributed by atoms with Gasteiger partial charge in [0.25, 0.3) is 0 Å². The van der Waals surface area contributed by atoms with Crippen LogP contribution in [0.2, 0.25) is 0 Å². The van der Waals surface area contributed by atoms with Crippen LogP contribution in [0.5, 0.6) is 0 Å². The average Bonchev–Trinajstić information content (AvgIpc) is 2.46. The Hall–Kier alpha value is -2.26. The Morgan fingerprint density at radius 1 is 1.00 bits per heavy atom. The fraction of sp³-hybridized carbons (Fsp3) is 0.125. The Labute approximate surface area is 112 Å². The lowest BCUT2D eigenvalue weighted by molar-refractivity contribution is 0.850. The number of nitrogens with two attached hydrogens (primary N) is 1. The van der Waals surface area contributed by atoms with Crippen molar-refractivity contribution in [2.75, 3.05) is 0 Å². The van der Waals surface area contributed by atoms with E-state index in [1.165, 1.54) is 0 Å². The second-order valence-corrected chi connectivity index (χ2v) is 4.61. The van der Waals surface area contributed by atoms with Gasteiger partial charge < -0.3 is 5.73 Å². The van der Waals surface area contributed by atoms with Crippen LogP contribution in [0.1, 0.15) is 22.9 Å². The first-order valence-corrected chi connectivity index (χ1v) is 6.27. The number of aryl methyl sites for hydroxylation is 1. The lowest BCUT2D eigenvalue weighted by Crippen LogP contribution is -2.14. The van der Waals surface area contributed by atoms with E-state index in [1.54, 1.807) is 6.20 Å². The number of pyridine rings is 2.